The largest absolute Gasteiger partial charge is 0.456 e. The summed E-state index contributed by atoms with van der Waals surface area (Å²) in [6.07, 6.45) is 0. The highest BCUT2D eigenvalue weighted by molar-refractivity contribution is 6.29. The maximum absolute atomic E-state index is 6.47. The first-order chi connectivity index (χ1) is 24.6. The molecule has 0 spiro atoms. The van der Waals surface area contributed by atoms with Crippen molar-refractivity contribution >= 4 is 54.3 Å². The molecule has 1 heteroatoms. The molecule has 11 rings (SSSR count). The summed E-state index contributed by atoms with van der Waals surface area (Å²) in [5.41, 5.74) is 14.7. The molecular formula is C49H32O. The van der Waals surface area contributed by atoms with Crippen molar-refractivity contribution in [1.82, 2.24) is 0 Å². The van der Waals surface area contributed by atoms with E-state index in [1.54, 1.807) is 0 Å². The Kier molecular flexibility index (Phi) is 5.51. The lowest BCUT2D eigenvalue weighted by Gasteiger charge is -2.25. The van der Waals surface area contributed by atoms with Crippen LogP contribution in [0.5, 0.6) is 0 Å². The minimum absolute atomic E-state index is 0.0912. The van der Waals surface area contributed by atoms with Crippen LogP contribution in [0.1, 0.15) is 25.0 Å². The van der Waals surface area contributed by atoms with Gasteiger partial charge in [0.25, 0.3) is 0 Å². The Balaban J connectivity index is 1.17. The Labute approximate surface area is 290 Å². The van der Waals surface area contributed by atoms with Crippen LogP contribution in [0.15, 0.2) is 162 Å². The van der Waals surface area contributed by atoms with Gasteiger partial charge < -0.3 is 4.42 Å². The lowest BCUT2D eigenvalue weighted by atomic mass is 9.78. The number of fused-ring (bicyclic) bond motifs is 6. The normalized spacial score (nSPS) is 13.6. The van der Waals surface area contributed by atoms with Crippen molar-refractivity contribution in [2.24, 2.45) is 0 Å². The Morgan fingerprint density at radius 2 is 0.980 bits per heavy atom. The van der Waals surface area contributed by atoms with Crippen LogP contribution in [0.4, 0.5) is 0 Å². The molecule has 1 aromatic heterocycles. The van der Waals surface area contributed by atoms with E-state index in [0.29, 0.717) is 0 Å². The summed E-state index contributed by atoms with van der Waals surface area (Å²) in [5, 5.41) is 10.1. The zero-order valence-electron chi connectivity index (χ0n) is 27.9. The first-order valence-electron chi connectivity index (χ1n) is 17.5. The average molecular weight is 637 g/mol. The van der Waals surface area contributed by atoms with E-state index in [-0.39, 0.29) is 5.41 Å². The van der Waals surface area contributed by atoms with Crippen molar-refractivity contribution in [3.05, 3.63) is 169 Å². The van der Waals surface area contributed by atoms with Crippen molar-refractivity contribution in [1.29, 1.82) is 0 Å². The molecule has 0 amide bonds. The van der Waals surface area contributed by atoms with Gasteiger partial charge in [0.05, 0.1) is 0 Å². The van der Waals surface area contributed by atoms with Crippen molar-refractivity contribution in [3.8, 4) is 44.5 Å². The minimum Gasteiger partial charge on any atom is -0.456 e. The number of benzene rings is 9. The van der Waals surface area contributed by atoms with Crippen molar-refractivity contribution in [2.45, 2.75) is 19.3 Å². The van der Waals surface area contributed by atoms with E-state index >= 15 is 0 Å². The van der Waals surface area contributed by atoms with Gasteiger partial charge in [-0.05, 0) is 106 Å². The standard InChI is InChI=1S/C49H32O/c1-49(2)42-16-7-6-12-35(42)40-15-8-14-39(48(40)49)34-24-19-31-20-25-37-33(23-18-30-21-26-38(34)46(31)45(30)37)36-13-9-17-44-47(36)41-28-32(22-27-43(41)50-44)29-10-4-3-5-11-29/h3-28H,1-2H3. The molecular weight excluding hydrogens is 605 g/mol. The second-order valence-corrected chi connectivity index (χ2v) is 14.4. The molecule has 1 nitrogen and oxygen atoms in total. The van der Waals surface area contributed by atoms with Crippen LogP contribution in [-0.4, -0.2) is 0 Å². The molecule has 1 aliphatic carbocycles. The van der Waals surface area contributed by atoms with Gasteiger partial charge in [0.1, 0.15) is 11.2 Å². The zero-order chi connectivity index (χ0) is 33.1. The van der Waals surface area contributed by atoms with Crippen LogP contribution in [0.3, 0.4) is 0 Å². The second-order valence-electron chi connectivity index (χ2n) is 14.4. The Morgan fingerprint density at radius 1 is 0.380 bits per heavy atom. The predicted molar refractivity (Wildman–Crippen MR) is 211 cm³/mol. The van der Waals surface area contributed by atoms with E-state index in [9.17, 15) is 0 Å². The molecule has 9 aromatic carbocycles. The second kappa shape index (κ2) is 9.94. The fourth-order valence-electron chi connectivity index (χ4n) is 9.20. The molecule has 1 aliphatic rings. The molecule has 0 bridgehead atoms. The molecule has 0 aliphatic heterocycles. The van der Waals surface area contributed by atoms with Crippen LogP contribution in [0.2, 0.25) is 0 Å². The maximum atomic E-state index is 6.47. The SMILES string of the molecule is CC1(C)c2ccccc2-c2cccc(-c3ccc4ccc5c(-c6cccc7oc8ccc(-c9ccccc9)cc8c67)ccc6ccc3c4c65)c21. The summed E-state index contributed by atoms with van der Waals surface area (Å²) < 4.78 is 6.47. The van der Waals surface area contributed by atoms with E-state index in [2.05, 4.69) is 172 Å². The molecule has 234 valence electrons. The van der Waals surface area contributed by atoms with Gasteiger partial charge in [0.15, 0.2) is 0 Å². The van der Waals surface area contributed by atoms with Gasteiger partial charge in [-0.25, -0.2) is 0 Å². The number of hydrogen-bond acceptors (Lipinski definition) is 1. The van der Waals surface area contributed by atoms with E-state index in [1.165, 1.54) is 88.0 Å². The third kappa shape index (κ3) is 3.67. The zero-order valence-corrected chi connectivity index (χ0v) is 27.9. The summed E-state index contributed by atoms with van der Waals surface area (Å²) >= 11 is 0. The molecule has 0 fully saturated rings. The van der Waals surface area contributed by atoms with Gasteiger partial charge in [-0.3, -0.25) is 0 Å². The molecule has 50 heavy (non-hydrogen) atoms. The summed E-state index contributed by atoms with van der Waals surface area (Å²) in [6.45, 7) is 4.76. The lowest BCUT2D eigenvalue weighted by molar-refractivity contribution is 0.662. The van der Waals surface area contributed by atoms with Crippen molar-refractivity contribution in [2.75, 3.05) is 0 Å². The van der Waals surface area contributed by atoms with Gasteiger partial charge >= 0.3 is 0 Å². The van der Waals surface area contributed by atoms with Crippen LogP contribution in [0.25, 0.3) is 98.8 Å². The fourth-order valence-corrected chi connectivity index (χ4v) is 9.20. The molecule has 0 radical (unpaired) electrons. The van der Waals surface area contributed by atoms with Crippen molar-refractivity contribution in [3.63, 3.8) is 0 Å². The average Bonchev–Trinajstić information content (AvgIpc) is 3.66. The summed E-state index contributed by atoms with van der Waals surface area (Å²) in [5.74, 6) is 0. The summed E-state index contributed by atoms with van der Waals surface area (Å²) in [7, 11) is 0. The Hall–Kier alpha value is -6.18. The number of furan rings is 1. The smallest absolute Gasteiger partial charge is 0.136 e. The number of rotatable bonds is 3. The van der Waals surface area contributed by atoms with Gasteiger partial charge in [-0.2, -0.15) is 0 Å². The minimum atomic E-state index is -0.0912. The van der Waals surface area contributed by atoms with E-state index in [1.807, 2.05) is 0 Å². The Bertz CT molecular complexity index is 2990. The quantitative estimate of drug-likeness (QED) is 0.176. The predicted octanol–water partition coefficient (Wildman–Crippen LogP) is 13.8. The number of hydrogen-bond donors (Lipinski definition) is 0. The van der Waals surface area contributed by atoms with Crippen molar-refractivity contribution < 1.29 is 4.42 Å². The van der Waals surface area contributed by atoms with Gasteiger partial charge in [0.2, 0.25) is 0 Å². The van der Waals surface area contributed by atoms with Gasteiger partial charge in [0, 0.05) is 16.2 Å². The van der Waals surface area contributed by atoms with Crippen LogP contribution in [0, 0.1) is 0 Å². The van der Waals surface area contributed by atoms with E-state index < -0.39 is 0 Å². The highest BCUT2D eigenvalue weighted by atomic mass is 16.3. The Morgan fingerprint density at radius 3 is 1.74 bits per heavy atom. The van der Waals surface area contributed by atoms with Crippen LogP contribution in [-0.2, 0) is 5.41 Å². The molecule has 0 N–H and O–H groups in total. The lowest BCUT2D eigenvalue weighted by Crippen LogP contribution is -2.16. The molecule has 0 unspecified atom stereocenters. The van der Waals surface area contributed by atoms with Gasteiger partial charge in [-0.1, -0.05) is 153 Å². The third-order valence-electron chi connectivity index (χ3n) is 11.4. The van der Waals surface area contributed by atoms with Crippen LogP contribution >= 0.6 is 0 Å². The summed E-state index contributed by atoms with van der Waals surface area (Å²) in [6, 6.07) is 58.1. The highest BCUT2D eigenvalue weighted by Gasteiger charge is 2.37. The molecule has 0 saturated carbocycles. The third-order valence-corrected chi connectivity index (χ3v) is 11.4. The first kappa shape index (κ1) is 27.7. The maximum Gasteiger partial charge on any atom is 0.136 e. The molecule has 10 aromatic rings. The fraction of sp³-hybridized carbons (Fsp3) is 0.0612. The molecule has 1 heterocycles. The van der Waals surface area contributed by atoms with Crippen LogP contribution < -0.4 is 0 Å². The molecule has 0 saturated heterocycles. The monoisotopic (exact) mass is 636 g/mol. The van der Waals surface area contributed by atoms with Gasteiger partial charge in [-0.15, -0.1) is 0 Å². The molecule has 0 atom stereocenters. The highest BCUT2D eigenvalue weighted by Crippen LogP contribution is 2.53. The van der Waals surface area contributed by atoms with E-state index in [4.69, 9.17) is 4.42 Å². The first-order valence-corrected chi connectivity index (χ1v) is 17.5. The summed E-state index contributed by atoms with van der Waals surface area (Å²) in [4.78, 5) is 0. The topological polar surface area (TPSA) is 13.1 Å². The van der Waals surface area contributed by atoms with E-state index in [0.717, 1.165) is 21.9 Å².